The summed E-state index contributed by atoms with van der Waals surface area (Å²) in [5, 5.41) is 3.11. The van der Waals surface area contributed by atoms with Crippen LogP contribution >= 0.6 is 0 Å². The minimum atomic E-state index is 0.367. The Kier molecular flexibility index (Phi) is 4.82. The number of aryl methyl sites for hydroxylation is 1. The van der Waals surface area contributed by atoms with Gasteiger partial charge in [-0.2, -0.15) is 0 Å². The van der Waals surface area contributed by atoms with E-state index in [9.17, 15) is 0 Å². The summed E-state index contributed by atoms with van der Waals surface area (Å²) in [5.41, 5.74) is 8.98. The second-order valence-corrected chi connectivity index (χ2v) is 6.40. The lowest BCUT2D eigenvalue weighted by atomic mass is 10.3. The van der Waals surface area contributed by atoms with Crippen LogP contribution < -0.4 is 20.5 Å². The molecule has 0 saturated heterocycles. The molecule has 1 aromatic heterocycles. The van der Waals surface area contributed by atoms with Gasteiger partial charge in [0, 0.05) is 24.7 Å². The van der Waals surface area contributed by atoms with E-state index >= 15 is 0 Å². The fraction of sp³-hybridized carbons (Fsp3) is 0.300. The van der Waals surface area contributed by atoms with Gasteiger partial charge in [-0.05, 0) is 31.2 Å². The molecule has 27 heavy (non-hydrogen) atoms. The number of ether oxygens (including phenoxy) is 2. The van der Waals surface area contributed by atoms with Crippen LogP contribution in [-0.2, 0) is 6.54 Å². The zero-order valence-electron chi connectivity index (χ0n) is 15.3. The number of nitrogens with two attached hydrogens (primary N) is 1. The molecule has 1 aliphatic rings. The van der Waals surface area contributed by atoms with Crippen LogP contribution in [0.5, 0.6) is 11.5 Å². The zero-order chi connectivity index (χ0) is 18.6. The molecule has 0 atom stereocenters. The predicted molar refractivity (Wildman–Crippen MR) is 107 cm³/mol. The molecule has 0 unspecified atom stereocenters. The molecule has 3 N–H and O–H groups in total. The molecule has 0 saturated carbocycles. The van der Waals surface area contributed by atoms with Gasteiger partial charge in [0.25, 0.3) is 0 Å². The van der Waals surface area contributed by atoms with Crippen molar-refractivity contribution in [2.45, 2.75) is 19.9 Å². The van der Waals surface area contributed by atoms with E-state index in [0.29, 0.717) is 25.7 Å². The Hall–Kier alpha value is -3.22. The summed E-state index contributed by atoms with van der Waals surface area (Å²) >= 11 is 0. The van der Waals surface area contributed by atoms with Gasteiger partial charge in [0.05, 0.1) is 30.8 Å². The van der Waals surface area contributed by atoms with Gasteiger partial charge in [-0.15, -0.1) is 0 Å². The van der Waals surface area contributed by atoms with E-state index in [1.807, 2.05) is 43.3 Å². The number of fused-ring (bicyclic) bond motifs is 2. The lowest BCUT2D eigenvalue weighted by Gasteiger charge is -2.11. The smallest absolute Gasteiger partial charge is 0.193 e. The highest BCUT2D eigenvalue weighted by molar-refractivity contribution is 5.92. The second kappa shape index (κ2) is 7.57. The molecule has 0 bridgehead atoms. The quantitative estimate of drug-likeness (QED) is 0.548. The van der Waals surface area contributed by atoms with Gasteiger partial charge in [0.1, 0.15) is 5.82 Å². The Balaban J connectivity index is 1.41. The predicted octanol–water partition coefficient (Wildman–Crippen LogP) is 2.93. The highest BCUT2D eigenvalue weighted by atomic mass is 16.5. The molecule has 140 valence electrons. The van der Waals surface area contributed by atoms with Crippen LogP contribution in [0.4, 0.5) is 5.69 Å². The first kappa shape index (κ1) is 17.2. The molecule has 4 rings (SSSR count). The third-order valence-corrected chi connectivity index (χ3v) is 4.47. The van der Waals surface area contributed by atoms with E-state index in [4.69, 9.17) is 15.2 Å². The standard InChI is InChI=1S/C20H23N5O2/c1-14-23-16-5-2-3-6-17(16)25(14)10-9-22-20(21)24-15-7-8-18-19(13-15)27-12-4-11-26-18/h2-3,5-8,13H,4,9-12H2,1H3,(H3,21,22,24). The second-order valence-electron chi connectivity index (χ2n) is 6.40. The number of aliphatic imine (C=N–C) groups is 1. The number of anilines is 1. The summed E-state index contributed by atoms with van der Waals surface area (Å²) in [4.78, 5) is 9.00. The number of hydrogen-bond acceptors (Lipinski definition) is 4. The van der Waals surface area contributed by atoms with Gasteiger partial charge in [0.2, 0.25) is 0 Å². The molecule has 7 heteroatoms. The van der Waals surface area contributed by atoms with Crippen molar-refractivity contribution in [1.82, 2.24) is 9.55 Å². The van der Waals surface area contributed by atoms with Crippen molar-refractivity contribution in [3.8, 4) is 11.5 Å². The maximum absolute atomic E-state index is 6.04. The molecule has 0 spiro atoms. The average molecular weight is 365 g/mol. The van der Waals surface area contributed by atoms with Crippen LogP contribution in [0.3, 0.4) is 0 Å². The number of hydrogen-bond donors (Lipinski definition) is 2. The molecule has 0 fully saturated rings. The van der Waals surface area contributed by atoms with Crippen molar-refractivity contribution in [2.24, 2.45) is 10.7 Å². The third kappa shape index (κ3) is 3.81. The molecule has 2 heterocycles. The summed E-state index contributed by atoms with van der Waals surface area (Å²) in [6, 6.07) is 13.8. The summed E-state index contributed by atoms with van der Waals surface area (Å²) in [7, 11) is 0. The number of para-hydroxylation sites is 2. The van der Waals surface area contributed by atoms with Gasteiger partial charge in [-0.25, -0.2) is 4.98 Å². The number of aromatic nitrogens is 2. The van der Waals surface area contributed by atoms with E-state index in [-0.39, 0.29) is 0 Å². The number of guanidine groups is 1. The van der Waals surface area contributed by atoms with Gasteiger partial charge in [-0.3, -0.25) is 4.99 Å². The lowest BCUT2D eigenvalue weighted by Crippen LogP contribution is -2.23. The topological polar surface area (TPSA) is 86.7 Å². The van der Waals surface area contributed by atoms with E-state index in [1.54, 1.807) is 0 Å². The van der Waals surface area contributed by atoms with Crippen molar-refractivity contribution < 1.29 is 9.47 Å². The van der Waals surface area contributed by atoms with Crippen molar-refractivity contribution in [3.63, 3.8) is 0 Å². The lowest BCUT2D eigenvalue weighted by molar-refractivity contribution is 0.297. The number of benzene rings is 2. The van der Waals surface area contributed by atoms with Crippen molar-refractivity contribution in [1.29, 1.82) is 0 Å². The summed E-state index contributed by atoms with van der Waals surface area (Å²) in [6.45, 7) is 4.60. The maximum atomic E-state index is 6.04. The van der Waals surface area contributed by atoms with E-state index in [1.165, 1.54) is 0 Å². The average Bonchev–Trinajstić information content (AvgIpc) is 2.83. The molecule has 2 aromatic carbocycles. The van der Waals surface area contributed by atoms with Crippen molar-refractivity contribution in [2.75, 3.05) is 25.1 Å². The number of nitrogens with zero attached hydrogens (tertiary/aromatic N) is 3. The van der Waals surface area contributed by atoms with Gasteiger partial charge >= 0.3 is 0 Å². The van der Waals surface area contributed by atoms with E-state index in [0.717, 1.165) is 47.0 Å². The SMILES string of the molecule is Cc1nc2ccccc2n1CCN=C(N)Nc1ccc2c(c1)OCCCO2. The van der Waals surface area contributed by atoms with Crippen LogP contribution in [0.2, 0.25) is 0 Å². The summed E-state index contributed by atoms with van der Waals surface area (Å²) in [5.74, 6) is 2.83. The van der Waals surface area contributed by atoms with Crippen LogP contribution in [-0.4, -0.2) is 35.3 Å². The first-order valence-corrected chi connectivity index (χ1v) is 9.09. The minimum Gasteiger partial charge on any atom is -0.490 e. The first-order chi connectivity index (χ1) is 13.2. The van der Waals surface area contributed by atoms with E-state index in [2.05, 4.69) is 25.9 Å². The molecule has 0 amide bonds. The van der Waals surface area contributed by atoms with Gasteiger partial charge in [-0.1, -0.05) is 12.1 Å². The Bertz CT molecular complexity index is 980. The third-order valence-electron chi connectivity index (χ3n) is 4.47. The Labute approximate surface area is 157 Å². The highest BCUT2D eigenvalue weighted by Gasteiger charge is 2.11. The van der Waals surface area contributed by atoms with Crippen molar-refractivity contribution in [3.05, 3.63) is 48.3 Å². The first-order valence-electron chi connectivity index (χ1n) is 9.09. The van der Waals surface area contributed by atoms with Crippen molar-refractivity contribution >= 4 is 22.7 Å². The summed E-state index contributed by atoms with van der Waals surface area (Å²) < 4.78 is 13.5. The molecular formula is C20H23N5O2. The van der Waals surface area contributed by atoms with Crippen LogP contribution in [0.25, 0.3) is 11.0 Å². The van der Waals surface area contributed by atoms with Crippen LogP contribution in [0.1, 0.15) is 12.2 Å². The van der Waals surface area contributed by atoms with Crippen LogP contribution in [0, 0.1) is 6.92 Å². The Morgan fingerprint density at radius 3 is 2.89 bits per heavy atom. The van der Waals surface area contributed by atoms with E-state index < -0.39 is 0 Å². The molecule has 3 aromatic rings. The number of imidazole rings is 1. The molecular weight excluding hydrogens is 342 g/mol. The zero-order valence-corrected chi connectivity index (χ0v) is 15.3. The monoisotopic (exact) mass is 365 g/mol. The Morgan fingerprint density at radius 1 is 1.19 bits per heavy atom. The van der Waals surface area contributed by atoms with Gasteiger partial charge < -0.3 is 25.1 Å². The Morgan fingerprint density at radius 2 is 2.00 bits per heavy atom. The molecule has 7 nitrogen and oxygen atoms in total. The largest absolute Gasteiger partial charge is 0.490 e. The summed E-state index contributed by atoms with van der Waals surface area (Å²) in [6.07, 6.45) is 0.878. The van der Waals surface area contributed by atoms with Gasteiger partial charge in [0.15, 0.2) is 17.5 Å². The molecule has 0 radical (unpaired) electrons. The minimum absolute atomic E-state index is 0.367. The fourth-order valence-electron chi connectivity index (χ4n) is 3.18. The highest BCUT2D eigenvalue weighted by Crippen LogP contribution is 2.32. The number of nitrogens with one attached hydrogen (secondary N) is 1. The molecule has 1 aliphatic heterocycles. The molecule has 0 aliphatic carbocycles. The fourth-order valence-corrected chi connectivity index (χ4v) is 3.18. The maximum Gasteiger partial charge on any atom is 0.193 e. The number of rotatable bonds is 4. The van der Waals surface area contributed by atoms with Crippen LogP contribution in [0.15, 0.2) is 47.5 Å². The normalized spacial score (nSPS) is 14.2.